The van der Waals surface area contributed by atoms with Crippen LogP contribution in [0.3, 0.4) is 0 Å². The van der Waals surface area contributed by atoms with Crippen molar-refractivity contribution in [2.24, 2.45) is 0 Å². The second kappa shape index (κ2) is 19.2. The van der Waals surface area contributed by atoms with Gasteiger partial charge in [-0.25, -0.2) is 14.4 Å². The van der Waals surface area contributed by atoms with Gasteiger partial charge in [-0.1, -0.05) is 19.7 Å². The molecule has 0 bridgehead atoms. The summed E-state index contributed by atoms with van der Waals surface area (Å²) in [7, 11) is 1.62. The molecule has 0 fully saturated rings. The molecule has 0 aromatic heterocycles. The molecule has 0 amide bonds. The van der Waals surface area contributed by atoms with Crippen LogP contribution in [-0.4, -0.2) is 76.9 Å². The van der Waals surface area contributed by atoms with E-state index in [1.165, 1.54) is 0 Å². The molecular formula is C23H38O9. The van der Waals surface area contributed by atoms with E-state index in [4.69, 9.17) is 28.4 Å². The maximum atomic E-state index is 11.2. The van der Waals surface area contributed by atoms with Gasteiger partial charge in [0.25, 0.3) is 0 Å². The monoisotopic (exact) mass is 458 g/mol. The first-order chi connectivity index (χ1) is 14.9. The van der Waals surface area contributed by atoms with Crippen molar-refractivity contribution in [1.29, 1.82) is 0 Å². The highest BCUT2D eigenvalue weighted by atomic mass is 16.6. The maximum Gasteiger partial charge on any atom is 0.333 e. The molecule has 32 heavy (non-hydrogen) atoms. The zero-order chi connectivity index (χ0) is 25.1. The van der Waals surface area contributed by atoms with Crippen molar-refractivity contribution in [3.05, 3.63) is 36.5 Å². The second-order valence-corrected chi connectivity index (χ2v) is 7.02. The third kappa shape index (κ3) is 19.5. The zero-order valence-corrected chi connectivity index (χ0v) is 20.2. The number of hydrogen-bond donors (Lipinski definition) is 0. The van der Waals surface area contributed by atoms with Crippen molar-refractivity contribution < 1.29 is 42.8 Å². The summed E-state index contributed by atoms with van der Waals surface area (Å²) in [5, 5.41) is 0. The summed E-state index contributed by atoms with van der Waals surface area (Å²) in [4.78, 5) is 33.0. The van der Waals surface area contributed by atoms with Crippen molar-refractivity contribution in [3.8, 4) is 0 Å². The Morgan fingerprint density at radius 1 is 0.656 bits per heavy atom. The number of ether oxygens (including phenoxy) is 6. The van der Waals surface area contributed by atoms with E-state index < -0.39 is 11.9 Å². The molecule has 0 aromatic rings. The van der Waals surface area contributed by atoms with Gasteiger partial charge in [-0.2, -0.15) is 0 Å². The number of hydrogen-bond acceptors (Lipinski definition) is 9. The highest BCUT2D eigenvalue weighted by molar-refractivity contribution is 5.87. The third-order valence-corrected chi connectivity index (χ3v) is 3.38. The molecule has 0 N–H and O–H groups in total. The van der Waals surface area contributed by atoms with Gasteiger partial charge in [-0.05, 0) is 34.6 Å². The third-order valence-electron chi connectivity index (χ3n) is 3.38. The summed E-state index contributed by atoms with van der Waals surface area (Å²) < 4.78 is 30.0. The molecule has 0 aliphatic carbocycles. The Labute approximate surface area is 191 Å². The van der Waals surface area contributed by atoms with E-state index in [1.807, 2.05) is 6.92 Å². The highest BCUT2D eigenvalue weighted by Gasteiger charge is 2.10. The minimum atomic E-state index is -0.445. The fraction of sp³-hybridized carbons (Fsp3) is 0.609. The SMILES string of the molecule is C=C(C)C(=O)OCCOCC(C)OC.C=C(C)C(=O)OCCOCC(C)OC(=O)C(=C)C. The standard InChI is InChI=1S/C13H20O5.C10H18O4/c1-9(2)12(14)17-7-6-16-8-11(5)18-13(15)10(3)4;1-8(2)10(11)14-6-5-13-7-9(3)12-4/h11H,1,3,6-8H2,2,4-5H3;9H,1,5-7H2,2-4H3. The Morgan fingerprint density at radius 3 is 1.38 bits per heavy atom. The Kier molecular flexibility index (Phi) is 19.0. The van der Waals surface area contributed by atoms with E-state index in [0.29, 0.717) is 29.9 Å². The van der Waals surface area contributed by atoms with Gasteiger partial charge in [-0.15, -0.1) is 0 Å². The van der Waals surface area contributed by atoms with Crippen LogP contribution in [0.2, 0.25) is 0 Å². The normalized spacial score (nSPS) is 11.8. The van der Waals surface area contributed by atoms with Crippen molar-refractivity contribution in [2.45, 2.75) is 46.8 Å². The molecule has 2 unspecified atom stereocenters. The number of rotatable bonds is 15. The lowest BCUT2D eigenvalue weighted by molar-refractivity contribution is -0.147. The molecule has 0 radical (unpaired) electrons. The number of carbonyl (C=O) groups is 3. The molecule has 0 saturated carbocycles. The first kappa shape index (κ1) is 31.7. The van der Waals surface area contributed by atoms with E-state index in [0.717, 1.165) is 0 Å². The predicted molar refractivity (Wildman–Crippen MR) is 120 cm³/mol. The molecule has 0 spiro atoms. The summed E-state index contributed by atoms with van der Waals surface area (Å²) in [5.41, 5.74) is 1.09. The first-order valence-electron chi connectivity index (χ1n) is 10.1. The van der Waals surface area contributed by atoms with E-state index >= 15 is 0 Å². The molecular weight excluding hydrogens is 420 g/mol. The van der Waals surface area contributed by atoms with Gasteiger partial charge in [0.2, 0.25) is 0 Å². The fourth-order valence-electron chi connectivity index (χ4n) is 1.52. The van der Waals surface area contributed by atoms with Gasteiger partial charge in [0.1, 0.15) is 19.3 Å². The smallest absolute Gasteiger partial charge is 0.333 e. The van der Waals surface area contributed by atoms with Gasteiger partial charge in [-0.3, -0.25) is 0 Å². The van der Waals surface area contributed by atoms with Crippen LogP contribution in [0.25, 0.3) is 0 Å². The van der Waals surface area contributed by atoms with Crippen LogP contribution < -0.4 is 0 Å². The lowest BCUT2D eigenvalue weighted by Gasteiger charge is -2.13. The van der Waals surface area contributed by atoms with Gasteiger partial charge < -0.3 is 28.4 Å². The lowest BCUT2D eigenvalue weighted by atomic mass is 10.3. The summed E-state index contributed by atoms with van der Waals surface area (Å²) >= 11 is 0. The van der Waals surface area contributed by atoms with Crippen LogP contribution in [0.15, 0.2) is 36.5 Å². The summed E-state index contributed by atoms with van der Waals surface area (Å²) in [6.07, 6.45) is -0.308. The molecule has 0 aromatic carbocycles. The van der Waals surface area contributed by atoms with Gasteiger partial charge >= 0.3 is 17.9 Å². The summed E-state index contributed by atoms with van der Waals surface area (Å²) in [6, 6.07) is 0. The average Bonchev–Trinajstić information content (AvgIpc) is 2.72. The number of methoxy groups -OCH3 is 1. The topological polar surface area (TPSA) is 107 Å². The van der Waals surface area contributed by atoms with Gasteiger partial charge in [0.15, 0.2) is 0 Å². The molecule has 2 atom stereocenters. The minimum absolute atomic E-state index is 0.0619. The quantitative estimate of drug-likeness (QED) is 0.158. The average molecular weight is 459 g/mol. The van der Waals surface area contributed by atoms with E-state index in [2.05, 4.69) is 19.7 Å². The van der Waals surface area contributed by atoms with Crippen LogP contribution in [0.4, 0.5) is 0 Å². The Balaban J connectivity index is 0. The van der Waals surface area contributed by atoms with Crippen molar-refractivity contribution in [1.82, 2.24) is 0 Å². The lowest BCUT2D eigenvalue weighted by Crippen LogP contribution is -2.22. The molecule has 0 aliphatic heterocycles. The number of esters is 3. The predicted octanol–water partition coefficient (Wildman–Crippen LogP) is 2.79. The van der Waals surface area contributed by atoms with Gasteiger partial charge in [0, 0.05) is 23.8 Å². The molecule has 9 nitrogen and oxygen atoms in total. The fourth-order valence-corrected chi connectivity index (χ4v) is 1.52. The highest BCUT2D eigenvalue weighted by Crippen LogP contribution is 1.99. The van der Waals surface area contributed by atoms with E-state index in [9.17, 15) is 14.4 Å². The Hall–Kier alpha value is -2.49. The summed E-state index contributed by atoms with van der Waals surface area (Å²) in [5.74, 6) is -1.27. The molecule has 9 heteroatoms. The van der Waals surface area contributed by atoms with Crippen LogP contribution >= 0.6 is 0 Å². The Bertz CT molecular complexity index is 625. The molecule has 0 aliphatic rings. The molecule has 0 heterocycles. The minimum Gasteiger partial charge on any atom is -0.460 e. The summed E-state index contributed by atoms with van der Waals surface area (Å²) in [6.45, 7) is 20.5. The first-order valence-corrected chi connectivity index (χ1v) is 10.1. The molecule has 0 saturated heterocycles. The van der Waals surface area contributed by atoms with Crippen molar-refractivity contribution in [2.75, 3.05) is 46.8 Å². The largest absolute Gasteiger partial charge is 0.460 e. The van der Waals surface area contributed by atoms with Crippen LogP contribution in [-0.2, 0) is 42.8 Å². The van der Waals surface area contributed by atoms with Crippen LogP contribution in [0, 0.1) is 0 Å². The van der Waals surface area contributed by atoms with Crippen LogP contribution in [0.5, 0.6) is 0 Å². The second-order valence-electron chi connectivity index (χ2n) is 7.02. The maximum absolute atomic E-state index is 11.2. The van der Waals surface area contributed by atoms with Crippen molar-refractivity contribution >= 4 is 17.9 Å². The van der Waals surface area contributed by atoms with E-state index in [1.54, 1.807) is 34.8 Å². The molecule has 184 valence electrons. The Morgan fingerprint density at radius 2 is 1.03 bits per heavy atom. The molecule has 0 rings (SSSR count). The zero-order valence-electron chi connectivity index (χ0n) is 20.2. The van der Waals surface area contributed by atoms with Crippen molar-refractivity contribution in [3.63, 3.8) is 0 Å². The number of carbonyl (C=O) groups excluding carboxylic acids is 3. The van der Waals surface area contributed by atoms with E-state index in [-0.39, 0.29) is 44.6 Å². The van der Waals surface area contributed by atoms with Gasteiger partial charge in [0.05, 0.1) is 32.5 Å². The van der Waals surface area contributed by atoms with Crippen LogP contribution in [0.1, 0.15) is 34.6 Å².